The van der Waals surface area contributed by atoms with Gasteiger partial charge in [-0.3, -0.25) is 9.69 Å². The summed E-state index contributed by atoms with van der Waals surface area (Å²) in [6.45, 7) is 5.38. The van der Waals surface area contributed by atoms with E-state index >= 15 is 0 Å². The number of alkyl halides is 3. The zero-order valence-corrected chi connectivity index (χ0v) is 30.6. The van der Waals surface area contributed by atoms with Crippen molar-refractivity contribution in [3.8, 4) is 11.3 Å². The summed E-state index contributed by atoms with van der Waals surface area (Å²) in [5.74, 6) is -0.656. The molecule has 1 amide bonds. The summed E-state index contributed by atoms with van der Waals surface area (Å²) < 4.78 is 93.7. The molecule has 2 aromatic carbocycles. The van der Waals surface area contributed by atoms with Crippen LogP contribution in [0, 0.1) is 0 Å². The molecular formula is C37H47F3N2O13. The van der Waals surface area contributed by atoms with Gasteiger partial charge < -0.3 is 52.4 Å². The van der Waals surface area contributed by atoms with Crippen LogP contribution in [0.15, 0.2) is 53.3 Å². The normalized spacial score (nSPS) is 14.5. The zero-order chi connectivity index (χ0) is 39.3. The van der Waals surface area contributed by atoms with Crippen molar-refractivity contribution in [1.29, 1.82) is 0 Å². The number of aromatic amines is 1. The number of fused-ring (bicyclic) bond motifs is 1. The van der Waals surface area contributed by atoms with Crippen LogP contribution < -0.4 is 10.5 Å². The number of ether oxygens (including phenoxy) is 10. The molecule has 0 aliphatic carbocycles. The molecule has 0 saturated carbocycles. The number of anilines is 1. The number of halogens is 3. The highest BCUT2D eigenvalue weighted by Gasteiger charge is 2.35. The van der Waals surface area contributed by atoms with Crippen molar-refractivity contribution in [2.75, 3.05) is 124 Å². The van der Waals surface area contributed by atoms with Crippen molar-refractivity contribution >= 4 is 28.5 Å². The first-order valence-corrected chi connectivity index (χ1v) is 17.7. The molecule has 1 aliphatic heterocycles. The van der Waals surface area contributed by atoms with Gasteiger partial charge in [-0.15, -0.1) is 0 Å². The van der Waals surface area contributed by atoms with Crippen LogP contribution in [0.3, 0.4) is 0 Å². The van der Waals surface area contributed by atoms with E-state index in [1.807, 2.05) is 0 Å². The molecule has 4 rings (SSSR count). The maximum absolute atomic E-state index is 13.6. The predicted molar refractivity (Wildman–Crippen MR) is 191 cm³/mol. The van der Waals surface area contributed by atoms with Crippen LogP contribution in [0.25, 0.3) is 22.0 Å². The minimum Gasteiger partial charge on any atom is -0.460 e. The van der Waals surface area contributed by atoms with Crippen LogP contribution in [0.1, 0.15) is 5.56 Å². The lowest BCUT2D eigenvalue weighted by Gasteiger charge is -2.15. The van der Waals surface area contributed by atoms with Crippen LogP contribution in [-0.2, 0) is 58.3 Å². The van der Waals surface area contributed by atoms with E-state index in [1.165, 1.54) is 41.3 Å². The van der Waals surface area contributed by atoms with E-state index in [0.717, 1.165) is 6.07 Å². The summed E-state index contributed by atoms with van der Waals surface area (Å²) in [5.41, 5.74) is -1.33. The summed E-state index contributed by atoms with van der Waals surface area (Å²) in [4.78, 5) is 41.5. The van der Waals surface area contributed by atoms with Crippen LogP contribution in [0.4, 0.5) is 23.7 Å². The number of nitrogens with zero attached hydrogens (tertiary/aromatic N) is 1. The van der Waals surface area contributed by atoms with E-state index < -0.39 is 35.5 Å². The van der Waals surface area contributed by atoms with Crippen LogP contribution >= 0.6 is 0 Å². The van der Waals surface area contributed by atoms with Crippen molar-refractivity contribution in [3.05, 3.63) is 64.4 Å². The molecule has 1 N–H and O–H groups in total. The van der Waals surface area contributed by atoms with Gasteiger partial charge in [0.15, 0.2) is 6.10 Å². The average Bonchev–Trinajstić information content (AvgIpc) is 3.55. The Kier molecular flexibility index (Phi) is 18.8. The molecule has 15 nitrogen and oxygen atoms in total. The molecule has 55 heavy (non-hydrogen) atoms. The number of cyclic esters (lactones) is 1. The second-order valence-corrected chi connectivity index (χ2v) is 11.8. The molecule has 1 unspecified atom stereocenters. The number of hydrogen-bond acceptors (Lipinski definition) is 13. The van der Waals surface area contributed by atoms with E-state index in [-0.39, 0.29) is 49.6 Å². The topological polar surface area (TPSA) is 163 Å². The summed E-state index contributed by atoms with van der Waals surface area (Å²) in [6, 6.07) is 10.9. The molecule has 1 aliphatic rings. The number of H-pyrrole nitrogens is 1. The minimum absolute atomic E-state index is 0.00811. The fourth-order valence-electron chi connectivity index (χ4n) is 5.19. The summed E-state index contributed by atoms with van der Waals surface area (Å²) in [7, 11) is 1.62. The highest BCUT2D eigenvalue weighted by molar-refractivity contribution is 5.94. The number of carbonyl (C=O) groups excluding carboxylic acids is 2. The zero-order valence-electron chi connectivity index (χ0n) is 30.6. The number of hydrogen-bond donors (Lipinski definition) is 1. The average molecular weight is 785 g/mol. The van der Waals surface area contributed by atoms with Gasteiger partial charge in [-0.2, -0.15) is 13.2 Å². The highest BCUT2D eigenvalue weighted by atomic mass is 19.4. The first-order chi connectivity index (χ1) is 26.7. The van der Waals surface area contributed by atoms with Gasteiger partial charge in [-0.05, 0) is 29.7 Å². The third kappa shape index (κ3) is 15.1. The Hall–Kier alpha value is -4.14. The Bertz CT molecular complexity index is 1670. The fraction of sp³-hybridized carbons (Fsp3) is 0.541. The molecule has 1 fully saturated rings. The largest absolute Gasteiger partial charge is 0.460 e. The third-order valence-electron chi connectivity index (χ3n) is 7.85. The molecule has 1 atom stereocenters. The lowest BCUT2D eigenvalue weighted by molar-refractivity contribution is -0.151. The van der Waals surface area contributed by atoms with E-state index in [9.17, 15) is 27.6 Å². The van der Waals surface area contributed by atoms with Gasteiger partial charge in [0.2, 0.25) is 0 Å². The van der Waals surface area contributed by atoms with Gasteiger partial charge in [0, 0.05) is 29.4 Å². The Labute approximate surface area is 315 Å². The number of carbonyl (C=O) groups is 2. The molecule has 18 heteroatoms. The van der Waals surface area contributed by atoms with Crippen molar-refractivity contribution in [1.82, 2.24) is 4.98 Å². The number of benzene rings is 2. The quantitative estimate of drug-likeness (QED) is 0.0878. The summed E-state index contributed by atoms with van der Waals surface area (Å²) in [5, 5.41) is 0.547. The van der Waals surface area contributed by atoms with E-state index in [4.69, 9.17) is 47.4 Å². The molecule has 0 bridgehead atoms. The standard InChI is InChI=1S/C37H47F3N2O13/c1-46-8-9-47-10-11-48-12-13-49-14-15-50-16-17-51-18-19-52-20-21-53-26-34(43)54-25-29-24-42(36(45)55-29)28-7-6-27-22-33(41-35(44)31(27)23-28)30-4-2-3-5-32(30)37(38,39)40/h2-7,22-23,29H,8-21,24-26H2,1H3,(H,41,44). The van der Waals surface area contributed by atoms with Gasteiger partial charge in [0.1, 0.15) is 13.2 Å². The Morgan fingerprint density at radius 3 is 1.87 bits per heavy atom. The van der Waals surface area contributed by atoms with E-state index in [2.05, 4.69) is 4.98 Å². The van der Waals surface area contributed by atoms with Gasteiger partial charge in [-0.25, -0.2) is 9.59 Å². The molecule has 1 saturated heterocycles. The van der Waals surface area contributed by atoms with Gasteiger partial charge in [0.05, 0.1) is 105 Å². The molecule has 2 heterocycles. The van der Waals surface area contributed by atoms with E-state index in [1.54, 1.807) is 13.2 Å². The summed E-state index contributed by atoms with van der Waals surface area (Å²) in [6.07, 6.45) is -6.10. The van der Waals surface area contributed by atoms with Crippen LogP contribution in [-0.4, -0.2) is 143 Å². The second-order valence-electron chi connectivity index (χ2n) is 11.8. The fourth-order valence-corrected chi connectivity index (χ4v) is 5.19. The van der Waals surface area contributed by atoms with Gasteiger partial charge in [0.25, 0.3) is 5.56 Å². The molecule has 1 aromatic heterocycles. The molecule has 0 radical (unpaired) electrons. The number of pyridine rings is 1. The maximum Gasteiger partial charge on any atom is 0.417 e. The SMILES string of the molecule is COCCOCCOCCOCCOCCOCCOCCOCC(=O)OCC1CN(c2ccc3cc(-c4ccccc4C(F)(F)F)[nH]c(=O)c3c2)C(=O)O1. The van der Waals surface area contributed by atoms with Crippen LogP contribution in [0.2, 0.25) is 0 Å². The number of amides is 1. The summed E-state index contributed by atoms with van der Waals surface area (Å²) >= 11 is 0. The van der Waals surface area contributed by atoms with Gasteiger partial charge in [-0.1, -0.05) is 24.3 Å². The second kappa shape index (κ2) is 23.7. The smallest absolute Gasteiger partial charge is 0.417 e. The van der Waals surface area contributed by atoms with Crippen molar-refractivity contribution < 1.29 is 70.1 Å². The minimum atomic E-state index is -4.61. The number of aromatic nitrogens is 1. The monoisotopic (exact) mass is 784 g/mol. The predicted octanol–water partition coefficient (Wildman–Crippen LogP) is 3.84. The van der Waals surface area contributed by atoms with E-state index in [0.29, 0.717) is 90.4 Å². The highest BCUT2D eigenvalue weighted by Crippen LogP contribution is 2.36. The number of rotatable bonds is 27. The Morgan fingerprint density at radius 2 is 1.31 bits per heavy atom. The molecule has 304 valence electrons. The lowest BCUT2D eigenvalue weighted by Crippen LogP contribution is -2.27. The van der Waals surface area contributed by atoms with Gasteiger partial charge >= 0.3 is 18.2 Å². The van der Waals surface area contributed by atoms with Crippen molar-refractivity contribution in [3.63, 3.8) is 0 Å². The van der Waals surface area contributed by atoms with Crippen molar-refractivity contribution in [2.24, 2.45) is 0 Å². The number of methoxy groups -OCH3 is 1. The number of esters is 1. The molecule has 3 aromatic rings. The maximum atomic E-state index is 13.6. The third-order valence-corrected chi connectivity index (χ3v) is 7.85. The number of nitrogens with one attached hydrogen (secondary N) is 1. The Morgan fingerprint density at radius 1 is 0.764 bits per heavy atom. The first kappa shape index (κ1) is 43.6. The lowest BCUT2D eigenvalue weighted by atomic mass is 10.0. The van der Waals surface area contributed by atoms with Crippen molar-refractivity contribution in [2.45, 2.75) is 12.3 Å². The van der Waals surface area contributed by atoms with Crippen LogP contribution in [0.5, 0.6) is 0 Å². The first-order valence-electron chi connectivity index (χ1n) is 17.7. The Balaban J connectivity index is 1.02. The molecule has 0 spiro atoms. The molecular weight excluding hydrogens is 737 g/mol.